The molecule has 5 nitrogen and oxygen atoms in total. The molecule has 2 aliphatic rings. The van der Waals surface area contributed by atoms with E-state index >= 15 is 0 Å². The highest BCUT2D eigenvalue weighted by atomic mass is 16.3. The van der Waals surface area contributed by atoms with E-state index in [1.165, 1.54) is 0 Å². The molecule has 1 aliphatic heterocycles. The van der Waals surface area contributed by atoms with E-state index in [4.69, 9.17) is 5.73 Å². The first-order chi connectivity index (χ1) is 12.5. The van der Waals surface area contributed by atoms with Crippen LogP contribution in [0.25, 0.3) is 0 Å². The van der Waals surface area contributed by atoms with Crippen LogP contribution in [-0.4, -0.2) is 34.6 Å². The maximum Gasteiger partial charge on any atom is 0.220 e. The molecule has 0 unspecified atom stereocenters. The van der Waals surface area contributed by atoms with Crippen molar-refractivity contribution >= 4 is 5.91 Å². The predicted molar refractivity (Wildman–Crippen MR) is 98.6 cm³/mol. The zero-order valence-corrected chi connectivity index (χ0v) is 14.9. The monoisotopic (exact) mass is 351 g/mol. The molecule has 1 aliphatic carbocycles. The first kappa shape index (κ1) is 18.5. The first-order valence-corrected chi connectivity index (χ1v) is 9.29. The average Bonchev–Trinajstić information content (AvgIpc) is 3.09. The normalized spacial score (nSPS) is 21.4. The van der Waals surface area contributed by atoms with Crippen LogP contribution in [0.4, 0.5) is 0 Å². The van der Waals surface area contributed by atoms with Crippen molar-refractivity contribution in [2.45, 2.75) is 50.2 Å². The standard InChI is InChI=1S/C21H25N3O2/c22-15-16-4-3-5-18(14-16)19(6-11-21(26)9-1-2-10-21)24-12-7-17(8-13-24)20(23)25/h3-5,14,17,19,26H,1-2,7-10,12-13H2,(H2,23,25)/t19-/m0/s1. The van der Waals surface area contributed by atoms with E-state index in [0.29, 0.717) is 18.4 Å². The zero-order chi connectivity index (χ0) is 18.6. The number of nitrogens with zero attached hydrogens (tertiary/aromatic N) is 2. The molecule has 1 amide bonds. The lowest BCUT2D eigenvalue weighted by atomic mass is 9.93. The van der Waals surface area contributed by atoms with Gasteiger partial charge in [-0.05, 0) is 56.2 Å². The van der Waals surface area contributed by atoms with E-state index in [9.17, 15) is 15.2 Å². The van der Waals surface area contributed by atoms with Crippen LogP contribution in [0.5, 0.6) is 0 Å². The minimum Gasteiger partial charge on any atom is -0.378 e. The fourth-order valence-corrected chi connectivity index (χ4v) is 3.89. The summed E-state index contributed by atoms with van der Waals surface area (Å²) in [6, 6.07) is 9.45. The van der Waals surface area contributed by atoms with Crippen LogP contribution in [0.15, 0.2) is 24.3 Å². The van der Waals surface area contributed by atoms with Gasteiger partial charge in [0.2, 0.25) is 5.91 Å². The Kier molecular flexibility index (Phi) is 5.61. The highest BCUT2D eigenvalue weighted by Gasteiger charge is 2.31. The van der Waals surface area contributed by atoms with Crippen molar-refractivity contribution in [2.75, 3.05) is 13.1 Å². The fraction of sp³-hybridized carbons (Fsp3) is 0.524. The molecule has 3 rings (SSSR count). The van der Waals surface area contributed by atoms with Crippen molar-refractivity contribution in [3.63, 3.8) is 0 Å². The van der Waals surface area contributed by atoms with Gasteiger partial charge in [0.25, 0.3) is 0 Å². The largest absolute Gasteiger partial charge is 0.378 e. The van der Waals surface area contributed by atoms with Crippen molar-refractivity contribution in [2.24, 2.45) is 11.7 Å². The topological polar surface area (TPSA) is 90.3 Å². The molecular weight excluding hydrogens is 326 g/mol. The molecule has 1 aromatic carbocycles. The predicted octanol–water partition coefficient (Wildman–Crippen LogP) is 2.11. The van der Waals surface area contributed by atoms with Gasteiger partial charge in [-0.3, -0.25) is 9.69 Å². The van der Waals surface area contributed by atoms with Gasteiger partial charge in [0.15, 0.2) is 0 Å². The molecule has 5 heteroatoms. The summed E-state index contributed by atoms with van der Waals surface area (Å²) in [4.78, 5) is 13.7. The minimum atomic E-state index is -0.892. The summed E-state index contributed by atoms with van der Waals surface area (Å²) < 4.78 is 0. The van der Waals surface area contributed by atoms with Crippen LogP contribution in [0.3, 0.4) is 0 Å². The van der Waals surface area contributed by atoms with Crippen LogP contribution in [0.2, 0.25) is 0 Å². The van der Waals surface area contributed by atoms with Crippen LogP contribution in [0.1, 0.15) is 55.7 Å². The molecule has 0 spiro atoms. The number of aliphatic hydroxyl groups is 1. The Hall–Kier alpha value is -2.34. The fourth-order valence-electron chi connectivity index (χ4n) is 3.89. The lowest BCUT2D eigenvalue weighted by Crippen LogP contribution is -2.40. The van der Waals surface area contributed by atoms with E-state index in [0.717, 1.165) is 44.3 Å². The number of hydrogen-bond acceptors (Lipinski definition) is 4. The number of benzene rings is 1. The van der Waals surface area contributed by atoms with Crippen LogP contribution >= 0.6 is 0 Å². The molecule has 1 heterocycles. The number of amides is 1. The quantitative estimate of drug-likeness (QED) is 0.816. The highest BCUT2D eigenvalue weighted by Crippen LogP contribution is 2.31. The van der Waals surface area contributed by atoms with Gasteiger partial charge in [-0.1, -0.05) is 24.0 Å². The molecule has 2 fully saturated rings. The van der Waals surface area contributed by atoms with E-state index in [-0.39, 0.29) is 17.9 Å². The molecule has 0 bridgehead atoms. The Morgan fingerprint density at radius 2 is 2.00 bits per heavy atom. The van der Waals surface area contributed by atoms with Gasteiger partial charge in [0.05, 0.1) is 17.7 Å². The van der Waals surface area contributed by atoms with Gasteiger partial charge >= 0.3 is 0 Å². The Bertz CT molecular complexity index is 757. The SMILES string of the molecule is N#Cc1cccc([C@H](C#CC2(O)CCCC2)N2CCC(C(N)=O)CC2)c1. The molecule has 0 aromatic heterocycles. The third-order valence-corrected chi connectivity index (χ3v) is 5.50. The van der Waals surface area contributed by atoms with E-state index in [2.05, 4.69) is 22.8 Å². The smallest absolute Gasteiger partial charge is 0.220 e. The van der Waals surface area contributed by atoms with Crippen molar-refractivity contribution in [3.8, 4) is 17.9 Å². The molecular formula is C21H25N3O2. The van der Waals surface area contributed by atoms with Gasteiger partial charge in [-0.15, -0.1) is 0 Å². The number of primary amides is 1. The Balaban J connectivity index is 1.86. The van der Waals surface area contributed by atoms with Crippen LogP contribution < -0.4 is 5.73 Å². The van der Waals surface area contributed by atoms with Crippen LogP contribution in [0, 0.1) is 29.1 Å². The second kappa shape index (κ2) is 7.91. The number of nitrogens with two attached hydrogens (primary N) is 1. The van der Waals surface area contributed by atoms with Crippen molar-refractivity contribution < 1.29 is 9.90 Å². The highest BCUT2D eigenvalue weighted by molar-refractivity contribution is 5.76. The van der Waals surface area contributed by atoms with Crippen molar-refractivity contribution in [1.29, 1.82) is 5.26 Å². The third-order valence-electron chi connectivity index (χ3n) is 5.50. The molecule has 0 radical (unpaired) electrons. The zero-order valence-electron chi connectivity index (χ0n) is 14.9. The summed E-state index contributed by atoms with van der Waals surface area (Å²) in [6.45, 7) is 1.45. The van der Waals surface area contributed by atoms with Gasteiger partial charge < -0.3 is 10.8 Å². The maximum atomic E-state index is 11.4. The number of nitriles is 1. The lowest BCUT2D eigenvalue weighted by molar-refractivity contribution is -0.123. The molecule has 3 N–H and O–H groups in total. The molecule has 1 atom stereocenters. The van der Waals surface area contributed by atoms with Crippen molar-refractivity contribution in [3.05, 3.63) is 35.4 Å². The number of hydrogen-bond donors (Lipinski definition) is 2. The second-order valence-corrected chi connectivity index (χ2v) is 7.36. The summed E-state index contributed by atoms with van der Waals surface area (Å²) in [7, 11) is 0. The summed E-state index contributed by atoms with van der Waals surface area (Å²) in [5.41, 5.74) is 6.10. The third kappa shape index (κ3) is 4.25. The van der Waals surface area contributed by atoms with Gasteiger partial charge in [-0.2, -0.15) is 5.26 Å². The minimum absolute atomic E-state index is 0.0793. The number of carbonyl (C=O) groups is 1. The molecule has 1 saturated heterocycles. The maximum absolute atomic E-state index is 11.4. The summed E-state index contributed by atoms with van der Waals surface area (Å²) in [5, 5.41) is 19.8. The van der Waals surface area contributed by atoms with E-state index in [1.807, 2.05) is 18.2 Å². The van der Waals surface area contributed by atoms with E-state index in [1.54, 1.807) is 6.07 Å². The summed E-state index contributed by atoms with van der Waals surface area (Å²) in [6.07, 6.45) is 4.88. The molecule has 1 aromatic rings. The Morgan fingerprint density at radius 3 is 2.62 bits per heavy atom. The van der Waals surface area contributed by atoms with Crippen LogP contribution in [-0.2, 0) is 4.79 Å². The lowest BCUT2D eigenvalue weighted by Gasteiger charge is -2.34. The number of likely N-dealkylation sites (tertiary alicyclic amines) is 1. The van der Waals surface area contributed by atoms with Gasteiger partial charge in [-0.25, -0.2) is 0 Å². The Labute approximate surface area is 154 Å². The van der Waals surface area contributed by atoms with Gasteiger partial charge in [0, 0.05) is 19.0 Å². The van der Waals surface area contributed by atoms with Crippen molar-refractivity contribution in [1.82, 2.24) is 4.90 Å². The average molecular weight is 351 g/mol. The summed E-state index contributed by atoms with van der Waals surface area (Å²) >= 11 is 0. The number of piperidine rings is 1. The summed E-state index contributed by atoms with van der Waals surface area (Å²) in [5.74, 6) is 6.08. The number of carbonyl (C=O) groups excluding carboxylic acids is 1. The first-order valence-electron chi connectivity index (χ1n) is 9.29. The Morgan fingerprint density at radius 1 is 1.31 bits per heavy atom. The van der Waals surface area contributed by atoms with Gasteiger partial charge in [0.1, 0.15) is 5.60 Å². The second-order valence-electron chi connectivity index (χ2n) is 7.36. The molecule has 1 saturated carbocycles. The number of rotatable bonds is 3. The van der Waals surface area contributed by atoms with E-state index < -0.39 is 5.60 Å². The molecule has 26 heavy (non-hydrogen) atoms. The molecule has 136 valence electrons.